The summed E-state index contributed by atoms with van der Waals surface area (Å²) in [5, 5.41) is 0.438. The van der Waals surface area contributed by atoms with E-state index in [1.807, 2.05) is 44.2 Å². The van der Waals surface area contributed by atoms with Crippen molar-refractivity contribution in [2.24, 2.45) is 0 Å². The van der Waals surface area contributed by atoms with Gasteiger partial charge in [-0.05, 0) is 49.7 Å². The molecular formula is C24H19N3O4. The summed E-state index contributed by atoms with van der Waals surface area (Å²) in [5.41, 5.74) is 2.06. The van der Waals surface area contributed by atoms with Crippen LogP contribution in [-0.2, 0) is 0 Å². The van der Waals surface area contributed by atoms with Crippen LogP contribution >= 0.6 is 0 Å². The molecule has 2 aromatic heterocycles. The highest BCUT2D eigenvalue weighted by Crippen LogP contribution is 2.40. The molecule has 0 spiro atoms. The third-order valence-electron chi connectivity index (χ3n) is 5.28. The molecule has 2 aromatic carbocycles. The van der Waals surface area contributed by atoms with Crippen molar-refractivity contribution in [2.75, 3.05) is 11.5 Å². The van der Waals surface area contributed by atoms with Crippen molar-refractivity contribution >= 4 is 22.8 Å². The molecule has 0 saturated heterocycles. The number of fused-ring (bicyclic) bond motifs is 2. The average Bonchev–Trinajstić information content (AvgIpc) is 3.08. The minimum absolute atomic E-state index is 0.0145. The first kappa shape index (κ1) is 19.0. The van der Waals surface area contributed by atoms with Crippen molar-refractivity contribution in [2.45, 2.75) is 19.9 Å². The lowest BCUT2D eigenvalue weighted by Crippen LogP contribution is -2.31. The highest BCUT2D eigenvalue weighted by molar-refractivity contribution is 6.09. The number of amides is 1. The second-order valence-electron chi connectivity index (χ2n) is 7.31. The lowest BCUT2D eigenvalue weighted by atomic mass is 9.98. The summed E-state index contributed by atoms with van der Waals surface area (Å²) in [7, 11) is 0. The monoisotopic (exact) mass is 413 g/mol. The molecule has 1 aliphatic heterocycles. The predicted octanol–water partition coefficient (Wildman–Crippen LogP) is 4.04. The van der Waals surface area contributed by atoms with Crippen LogP contribution in [0, 0.1) is 6.92 Å². The van der Waals surface area contributed by atoms with Crippen LogP contribution in [0.5, 0.6) is 5.75 Å². The van der Waals surface area contributed by atoms with Crippen LogP contribution < -0.4 is 15.1 Å². The number of carbonyl (C=O) groups is 1. The molecule has 0 bridgehead atoms. The topological polar surface area (TPSA) is 85.5 Å². The highest BCUT2D eigenvalue weighted by atomic mass is 16.5. The molecular weight excluding hydrogens is 394 g/mol. The number of hydrogen-bond donors (Lipinski definition) is 0. The Morgan fingerprint density at radius 1 is 1.06 bits per heavy atom. The summed E-state index contributed by atoms with van der Waals surface area (Å²) in [5.74, 6) is 0.411. The van der Waals surface area contributed by atoms with Crippen LogP contribution in [0.2, 0.25) is 0 Å². The summed E-state index contributed by atoms with van der Waals surface area (Å²) in [6.07, 6.45) is 3.11. The van der Waals surface area contributed by atoms with Crippen molar-refractivity contribution < 1.29 is 13.9 Å². The summed E-state index contributed by atoms with van der Waals surface area (Å²) < 4.78 is 11.6. The molecule has 7 nitrogen and oxygen atoms in total. The maximum atomic E-state index is 13.6. The molecule has 0 radical (unpaired) electrons. The molecule has 154 valence electrons. The third-order valence-corrected chi connectivity index (χ3v) is 5.28. The zero-order valence-corrected chi connectivity index (χ0v) is 17.0. The molecule has 1 unspecified atom stereocenters. The van der Waals surface area contributed by atoms with E-state index in [1.165, 1.54) is 4.90 Å². The quantitative estimate of drug-likeness (QED) is 0.502. The minimum Gasteiger partial charge on any atom is -0.494 e. The van der Waals surface area contributed by atoms with Gasteiger partial charge in [-0.1, -0.05) is 23.8 Å². The van der Waals surface area contributed by atoms with E-state index in [4.69, 9.17) is 9.15 Å². The maximum absolute atomic E-state index is 13.6. The number of aromatic nitrogens is 2. The fourth-order valence-corrected chi connectivity index (χ4v) is 3.97. The first-order valence-electron chi connectivity index (χ1n) is 9.99. The molecule has 31 heavy (non-hydrogen) atoms. The van der Waals surface area contributed by atoms with E-state index in [0.717, 1.165) is 5.56 Å². The summed E-state index contributed by atoms with van der Waals surface area (Å²) in [4.78, 5) is 36.9. The van der Waals surface area contributed by atoms with Crippen LogP contribution in [0.15, 0.2) is 70.1 Å². The molecule has 1 amide bonds. The van der Waals surface area contributed by atoms with Crippen LogP contribution in [-0.4, -0.2) is 22.5 Å². The Kier molecular flexibility index (Phi) is 4.51. The number of hydrogen-bond acceptors (Lipinski definition) is 6. The Balaban J connectivity index is 1.80. The number of anilines is 1. The van der Waals surface area contributed by atoms with Gasteiger partial charge in [-0.15, -0.1) is 0 Å². The highest BCUT2D eigenvalue weighted by Gasteiger charge is 2.45. The Hall–Kier alpha value is -4.00. The lowest BCUT2D eigenvalue weighted by Gasteiger charge is -2.23. The number of ether oxygens (including phenoxy) is 1. The Labute approximate surface area is 177 Å². The van der Waals surface area contributed by atoms with Crippen molar-refractivity contribution in [3.63, 3.8) is 0 Å². The lowest BCUT2D eigenvalue weighted by molar-refractivity contribution is 0.0969. The summed E-state index contributed by atoms with van der Waals surface area (Å²) >= 11 is 0. The SMILES string of the molecule is CCOc1cccc(C2c3c(oc4ccc(C)cc4c3=O)C(=O)N2c2ncccn2)c1. The van der Waals surface area contributed by atoms with E-state index in [1.54, 1.807) is 30.6 Å². The van der Waals surface area contributed by atoms with E-state index in [0.29, 0.717) is 28.9 Å². The van der Waals surface area contributed by atoms with Gasteiger partial charge in [0, 0.05) is 12.4 Å². The van der Waals surface area contributed by atoms with Gasteiger partial charge < -0.3 is 9.15 Å². The van der Waals surface area contributed by atoms with Crippen LogP contribution in [0.25, 0.3) is 11.0 Å². The average molecular weight is 413 g/mol. The second-order valence-corrected chi connectivity index (χ2v) is 7.31. The standard InChI is InChI=1S/C24H19N3O4/c1-3-30-16-7-4-6-15(13-16)20-19-21(28)17-12-14(2)8-9-18(17)31-22(19)23(29)27(20)24-25-10-5-11-26-24/h4-13,20H,3H2,1-2H3. The Morgan fingerprint density at radius 3 is 2.65 bits per heavy atom. The van der Waals surface area contributed by atoms with Crippen LogP contribution in [0.4, 0.5) is 5.95 Å². The first-order chi connectivity index (χ1) is 15.1. The number of carbonyl (C=O) groups excluding carboxylic acids is 1. The van der Waals surface area contributed by atoms with Crippen molar-refractivity contribution in [3.05, 3.63) is 93.6 Å². The van der Waals surface area contributed by atoms with E-state index < -0.39 is 11.9 Å². The van der Waals surface area contributed by atoms with Crippen molar-refractivity contribution in [1.82, 2.24) is 9.97 Å². The van der Waals surface area contributed by atoms with Crippen molar-refractivity contribution in [1.29, 1.82) is 0 Å². The zero-order chi connectivity index (χ0) is 21.5. The summed E-state index contributed by atoms with van der Waals surface area (Å²) in [6.45, 7) is 4.31. The van der Waals surface area contributed by atoms with Gasteiger partial charge in [0.2, 0.25) is 11.7 Å². The van der Waals surface area contributed by atoms with Crippen molar-refractivity contribution in [3.8, 4) is 5.75 Å². The third kappa shape index (κ3) is 3.06. The molecule has 4 aromatic rings. The molecule has 0 saturated carbocycles. The van der Waals surface area contributed by atoms with E-state index >= 15 is 0 Å². The predicted molar refractivity (Wildman–Crippen MR) is 116 cm³/mol. The van der Waals surface area contributed by atoms with Gasteiger partial charge in [-0.25, -0.2) is 9.97 Å². The van der Waals surface area contributed by atoms with E-state index in [9.17, 15) is 9.59 Å². The van der Waals surface area contributed by atoms with Gasteiger partial charge >= 0.3 is 0 Å². The number of benzene rings is 2. The molecule has 0 N–H and O–H groups in total. The molecule has 0 aliphatic carbocycles. The molecule has 7 heteroatoms. The van der Waals surface area contributed by atoms with Gasteiger partial charge in [-0.2, -0.15) is 0 Å². The number of rotatable bonds is 4. The van der Waals surface area contributed by atoms with E-state index in [-0.39, 0.29) is 22.7 Å². The van der Waals surface area contributed by atoms with Gasteiger partial charge in [0.1, 0.15) is 11.3 Å². The summed E-state index contributed by atoms with van der Waals surface area (Å²) in [6, 6.07) is 13.6. The normalized spacial score (nSPS) is 15.4. The molecule has 1 atom stereocenters. The fraction of sp³-hybridized carbons (Fsp3) is 0.167. The van der Waals surface area contributed by atoms with Gasteiger partial charge in [0.15, 0.2) is 5.43 Å². The first-order valence-corrected chi connectivity index (χ1v) is 9.99. The fourth-order valence-electron chi connectivity index (χ4n) is 3.97. The maximum Gasteiger partial charge on any atom is 0.297 e. The minimum atomic E-state index is -0.730. The Morgan fingerprint density at radius 2 is 1.87 bits per heavy atom. The zero-order valence-electron chi connectivity index (χ0n) is 17.0. The largest absolute Gasteiger partial charge is 0.494 e. The van der Waals surface area contributed by atoms with Gasteiger partial charge in [0.25, 0.3) is 5.91 Å². The molecule has 5 rings (SSSR count). The Bertz CT molecular complexity index is 1360. The van der Waals surface area contributed by atoms with Gasteiger partial charge in [-0.3, -0.25) is 14.5 Å². The van der Waals surface area contributed by atoms with E-state index in [2.05, 4.69) is 9.97 Å². The second kappa shape index (κ2) is 7.36. The smallest absolute Gasteiger partial charge is 0.297 e. The molecule has 0 fully saturated rings. The van der Waals surface area contributed by atoms with Gasteiger partial charge in [0.05, 0.1) is 23.6 Å². The number of nitrogens with zero attached hydrogens (tertiary/aromatic N) is 3. The van der Waals surface area contributed by atoms with Crippen LogP contribution in [0.3, 0.4) is 0 Å². The molecule has 3 heterocycles. The number of aryl methyl sites for hydroxylation is 1. The van der Waals surface area contributed by atoms with Crippen LogP contribution in [0.1, 0.15) is 40.2 Å². The molecule has 1 aliphatic rings.